The zero-order chi connectivity index (χ0) is 20.5. The summed E-state index contributed by atoms with van der Waals surface area (Å²) < 4.78 is 3.40. The van der Waals surface area contributed by atoms with Gasteiger partial charge in [-0.1, -0.05) is 12.1 Å². The van der Waals surface area contributed by atoms with Crippen LogP contribution in [0.1, 0.15) is 27.0 Å². The highest BCUT2D eigenvalue weighted by atomic mass is 32.1. The molecule has 1 aromatic carbocycles. The van der Waals surface area contributed by atoms with Crippen LogP contribution in [0.2, 0.25) is 0 Å². The summed E-state index contributed by atoms with van der Waals surface area (Å²) in [4.78, 5) is 24.0. The van der Waals surface area contributed by atoms with E-state index >= 15 is 0 Å². The lowest BCUT2D eigenvalue weighted by molar-refractivity contribution is 0.0695. The Balaban J connectivity index is 1.65. The van der Waals surface area contributed by atoms with E-state index in [2.05, 4.69) is 11.2 Å². The molecule has 0 amide bonds. The van der Waals surface area contributed by atoms with E-state index in [4.69, 9.17) is 5.26 Å². The topological polar surface area (TPSA) is 121 Å². The molecule has 0 bridgehead atoms. The van der Waals surface area contributed by atoms with E-state index in [-0.39, 0.29) is 12.1 Å². The molecule has 144 valence electrons. The minimum absolute atomic E-state index is 0.146. The van der Waals surface area contributed by atoms with Crippen LogP contribution >= 0.6 is 11.3 Å². The third-order valence-electron chi connectivity index (χ3n) is 4.52. The van der Waals surface area contributed by atoms with E-state index in [1.54, 1.807) is 40.7 Å². The molecule has 29 heavy (non-hydrogen) atoms. The van der Waals surface area contributed by atoms with Gasteiger partial charge in [-0.3, -0.25) is 14.0 Å². The third kappa shape index (κ3) is 3.37. The number of aromatic nitrogens is 3. The van der Waals surface area contributed by atoms with Crippen LogP contribution in [0.3, 0.4) is 0 Å². The van der Waals surface area contributed by atoms with E-state index in [9.17, 15) is 19.8 Å². The van der Waals surface area contributed by atoms with Gasteiger partial charge in [-0.05, 0) is 29.1 Å². The summed E-state index contributed by atoms with van der Waals surface area (Å²) in [5.74, 6) is -2.10. The second kappa shape index (κ2) is 7.26. The molecule has 0 saturated carbocycles. The van der Waals surface area contributed by atoms with Crippen LogP contribution in [0.5, 0.6) is 5.75 Å². The largest absolute Gasteiger partial charge is 0.502 e. The number of nitriles is 1. The fraction of sp³-hybridized carbons (Fsp3) is 0.100. The first kappa shape index (κ1) is 18.5. The molecule has 9 heteroatoms. The summed E-state index contributed by atoms with van der Waals surface area (Å²) in [6, 6.07) is 10.9. The summed E-state index contributed by atoms with van der Waals surface area (Å²) in [7, 11) is 0. The number of carbonyl (C=O) groups is 1. The first-order valence-corrected chi connectivity index (χ1v) is 9.42. The third-order valence-corrected chi connectivity index (χ3v) is 5.44. The Labute approximate surface area is 168 Å². The molecule has 3 aromatic heterocycles. The maximum atomic E-state index is 12.6. The van der Waals surface area contributed by atoms with Crippen molar-refractivity contribution in [1.29, 1.82) is 5.26 Å². The lowest BCUT2D eigenvalue weighted by Gasteiger charge is -2.09. The van der Waals surface area contributed by atoms with Crippen LogP contribution in [0.4, 0.5) is 0 Å². The van der Waals surface area contributed by atoms with Crippen molar-refractivity contribution in [3.8, 4) is 11.8 Å². The van der Waals surface area contributed by atoms with Gasteiger partial charge in [0.1, 0.15) is 5.56 Å². The molecule has 0 atom stereocenters. The molecular formula is C20H14N4O4S. The smallest absolute Gasteiger partial charge is 0.341 e. The number of fused-ring (bicyclic) bond motifs is 1. The van der Waals surface area contributed by atoms with Crippen LogP contribution in [0.15, 0.2) is 52.9 Å². The van der Waals surface area contributed by atoms with Crippen molar-refractivity contribution in [2.75, 3.05) is 0 Å². The van der Waals surface area contributed by atoms with Gasteiger partial charge in [0, 0.05) is 11.8 Å². The summed E-state index contributed by atoms with van der Waals surface area (Å²) in [6.45, 7) is 0.643. The fourth-order valence-corrected chi connectivity index (χ4v) is 4.07. The van der Waals surface area contributed by atoms with E-state index in [1.165, 1.54) is 4.57 Å². The van der Waals surface area contributed by atoms with E-state index in [1.807, 2.05) is 12.1 Å². The Morgan fingerprint density at radius 3 is 2.62 bits per heavy atom. The minimum Gasteiger partial charge on any atom is -0.502 e. The van der Waals surface area contributed by atoms with Gasteiger partial charge < -0.3 is 10.2 Å². The Kier molecular flexibility index (Phi) is 4.62. The molecule has 0 unspecified atom stereocenters. The van der Waals surface area contributed by atoms with Gasteiger partial charge in [0.2, 0.25) is 0 Å². The molecule has 0 aliphatic rings. The van der Waals surface area contributed by atoms with Crippen molar-refractivity contribution in [3.05, 3.63) is 80.7 Å². The van der Waals surface area contributed by atoms with E-state index < -0.39 is 17.3 Å². The Morgan fingerprint density at radius 2 is 1.93 bits per heavy atom. The first-order chi connectivity index (χ1) is 14.0. The molecule has 4 rings (SSSR count). The predicted molar refractivity (Wildman–Crippen MR) is 106 cm³/mol. The number of pyridine rings is 1. The number of rotatable bonds is 5. The molecule has 0 aliphatic carbocycles. The highest BCUT2D eigenvalue weighted by Gasteiger charge is 2.22. The summed E-state index contributed by atoms with van der Waals surface area (Å²) in [6.07, 6.45) is 3.40. The van der Waals surface area contributed by atoms with E-state index in [0.29, 0.717) is 22.3 Å². The first-order valence-electron chi connectivity index (χ1n) is 8.54. The quantitative estimate of drug-likeness (QED) is 0.525. The summed E-state index contributed by atoms with van der Waals surface area (Å²) >= 11 is 1.16. The number of carboxylic acid groups (broad SMARTS) is 1. The molecule has 0 radical (unpaired) electrons. The average molecular weight is 406 g/mol. The van der Waals surface area contributed by atoms with Crippen LogP contribution in [0.25, 0.3) is 10.2 Å². The van der Waals surface area contributed by atoms with Crippen molar-refractivity contribution in [1.82, 2.24) is 14.3 Å². The number of hydrogen-bond acceptors (Lipinski definition) is 6. The lowest BCUT2D eigenvalue weighted by atomic mass is 10.1. The molecule has 0 saturated heterocycles. The minimum atomic E-state index is -1.34. The lowest BCUT2D eigenvalue weighted by Crippen LogP contribution is -2.22. The molecule has 0 aliphatic heterocycles. The van der Waals surface area contributed by atoms with Gasteiger partial charge >= 0.3 is 5.97 Å². The zero-order valence-electron chi connectivity index (χ0n) is 14.9. The van der Waals surface area contributed by atoms with Crippen molar-refractivity contribution in [2.45, 2.75) is 13.1 Å². The standard InChI is InChI=1S/C20H14N4O4S/c21-7-12-1-3-13(4-2-12)9-23-10-14(8-22-23)11-24-15-5-6-29-18(15)16(20(27)28)17(25)19(24)26/h1-6,8,10,25H,9,11H2,(H,27,28). The van der Waals surface area contributed by atoms with Gasteiger partial charge in [-0.25, -0.2) is 4.79 Å². The molecular weight excluding hydrogens is 392 g/mol. The number of benzene rings is 1. The maximum absolute atomic E-state index is 12.6. The Hall–Kier alpha value is -3.90. The molecule has 0 fully saturated rings. The number of nitrogens with zero attached hydrogens (tertiary/aromatic N) is 4. The molecule has 4 aromatic rings. The maximum Gasteiger partial charge on any atom is 0.341 e. The fourth-order valence-electron chi connectivity index (χ4n) is 3.14. The Morgan fingerprint density at radius 1 is 1.17 bits per heavy atom. The highest BCUT2D eigenvalue weighted by molar-refractivity contribution is 7.17. The number of carboxylic acids is 1. The van der Waals surface area contributed by atoms with Gasteiger partial charge in [-0.15, -0.1) is 11.3 Å². The van der Waals surface area contributed by atoms with Crippen LogP contribution in [-0.4, -0.2) is 30.5 Å². The van der Waals surface area contributed by atoms with Crippen LogP contribution in [-0.2, 0) is 13.1 Å². The zero-order valence-corrected chi connectivity index (χ0v) is 15.8. The number of thiophene rings is 1. The van der Waals surface area contributed by atoms with E-state index in [0.717, 1.165) is 22.5 Å². The predicted octanol–water partition coefficient (Wildman–Crippen LogP) is 2.63. The molecule has 0 spiro atoms. The average Bonchev–Trinajstić information content (AvgIpc) is 3.35. The van der Waals surface area contributed by atoms with Gasteiger partial charge in [0.15, 0.2) is 5.75 Å². The van der Waals surface area contributed by atoms with Gasteiger partial charge in [-0.2, -0.15) is 10.4 Å². The monoisotopic (exact) mass is 406 g/mol. The van der Waals surface area contributed by atoms with Crippen molar-refractivity contribution >= 4 is 27.5 Å². The normalized spacial score (nSPS) is 10.9. The Bertz CT molecular complexity index is 1330. The highest BCUT2D eigenvalue weighted by Crippen LogP contribution is 2.29. The summed E-state index contributed by atoms with van der Waals surface area (Å²) in [5.41, 5.74) is 1.62. The van der Waals surface area contributed by atoms with Crippen molar-refractivity contribution < 1.29 is 15.0 Å². The summed E-state index contributed by atoms with van der Waals surface area (Å²) in [5, 5.41) is 34.3. The number of hydrogen-bond donors (Lipinski definition) is 2. The molecule has 8 nitrogen and oxygen atoms in total. The SMILES string of the molecule is N#Cc1ccc(Cn2cc(Cn3c(=O)c(O)c(C(=O)O)c4sccc43)cn2)cc1. The molecule has 3 heterocycles. The van der Waals surface area contributed by atoms with Gasteiger partial charge in [0.25, 0.3) is 5.56 Å². The van der Waals surface area contributed by atoms with Crippen molar-refractivity contribution in [3.63, 3.8) is 0 Å². The van der Waals surface area contributed by atoms with Crippen LogP contribution in [0, 0.1) is 11.3 Å². The molecule has 2 N–H and O–H groups in total. The number of aromatic carboxylic acids is 1. The second-order valence-corrected chi connectivity index (χ2v) is 7.33. The second-order valence-electron chi connectivity index (χ2n) is 6.41. The van der Waals surface area contributed by atoms with Gasteiger partial charge in [0.05, 0.1) is 41.1 Å². The van der Waals surface area contributed by atoms with Crippen molar-refractivity contribution in [2.24, 2.45) is 0 Å². The van der Waals surface area contributed by atoms with Crippen LogP contribution < -0.4 is 5.56 Å². The number of aromatic hydroxyl groups is 1.